The lowest BCUT2D eigenvalue weighted by atomic mass is 9.96. The van der Waals surface area contributed by atoms with Crippen LogP contribution in [-0.2, 0) is 20.7 Å². The van der Waals surface area contributed by atoms with Crippen LogP contribution in [0, 0.1) is 11.7 Å². The molecule has 0 atom stereocenters. The number of rotatable bonds is 8. The van der Waals surface area contributed by atoms with Gasteiger partial charge in [-0.2, -0.15) is 0 Å². The van der Waals surface area contributed by atoms with Crippen molar-refractivity contribution < 1.29 is 18.7 Å². The number of carbonyl (C=O) groups is 2. The average Bonchev–Trinajstić information content (AvgIpc) is 2.65. The smallest absolute Gasteiger partial charge is 0.306 e. The second-order valence-corrected chi connectivity index (χ2v) is 7.02. The molecule has 6 heteroatoms. The van der Waals surface area contributed by atoms with Crippen molar-refractivity contribution >= 4 is 11.9 Å². The molecular formula is C20H29FN2O3. The first-order valence-electron chi connectivity index (χ1n) is 9.25. The molecule has 1 aromatic rings. The predicted molar refractivity (Wildman–Crippen MR) is 98.2 cm³/mol. The van der Waals surface area contributed by atoms with Gasteiger partial charge >= 0.3 is 5.97 Å². The molecule has 1 aliphatic heterocycles. The molecule has 0 spiro atoms. The van der Waals surface area contributed by atoms with Crippen molar-refractivity contribution in [1.82, 2.24) is 9.80 Å². The first kappa shape index (κ1) is 20.4. The molecule has 0 N–H and O–H groups in total. The maximum Gasteiger partial charge on any atom is 0.306 e. The number of halogens is 1. The molecule has 0 aromatic heterocycles. The highest BCUT2D eigenvalue weighted by Crippen LogP contribution is 2.19. The minimum Gasteiger partial charge on any atom is -0.469 e. The van der Waals surface area contributed by atoms with E-state index in [4.69, 9.17) is 0 Å². The van der Waals surface area contributed by atoms with Gasteiger partial charge in [0, 0.05) is 26.6 Å². The van der Waals surface area contributed by atoms with E-state index in [0.717, 1.165) is 51.0 Å². The zero-order chi connectivity index (χ0) is 18.9. The van der Waals surface area contributed by atoms with Crippen molar-refractivity contribution in [3.63, 3.8) is 0 Å². The molecule has 0 aliphatic carbocycles. The quantitative estimate of drug-likeness (QED) is 0.665. The zero-order valence-corrected chi connectivity index (χ0v) is 15.7. The van der Waals surface area contributed by atoms with Crippen LogP contribution in [-0.4, -0.2) is 62.0 Å². The maximum absolute atomic E-state index is 13.2. The first-order chi connectivity index (χ1) is 12.5. The molecule has 1 amide bonds. The van der Waals surface area contributed by atoms with E-state index in [1.54, 1.807) is 24.1 Å². The number of likely N-dealkylation sites (tertiary alicyclic amines) is 1. The zero-order valence-electron chi connectivity index (χ0n) is 15.7. The lowest BCUT2D eigenvalue weighted by Gasteiger charge is -2.34. The summed E-state index contributed by atoms with van der Waals surface area (Å²) in [6.07, 6.45) is 3.30. The van der Waals surface area contributed by atoms with E-state index in [-0.39, 0.29) is 30.5 Å². The molecule has 1 aromatic carbocycles. The number of benzene rings is 1. The van der Waals surface area contributed by atoms with E-state index < -0.39 is 0 Å². The molecule has 1 heterocycles. The third-order valence-electron chi connectivity index (χ3n) is 5.04. The molecule has 26 heavy (non-hydrogen) atoms. The number of ether oxygens (including phenoxy) is 1. The second-order valence-electron chi connectivity index (χ2n) is 7.02. The molecule has 1 aliphatic rings. The Balaban J connectivity index is 1.66. The van der Waals surface area contributed by atoms with E-state index >= 15 is 0 Å². The lowest BCUT2D eigenvalue weighted by Crippen LogP contribution is -2.40. The van der Waals surface area contributed by atoms with Gasteiger partial charge in [-0.15, -0.1) is 0 Å². The van der Waals surface area contributed by atoms with E-state index in [0.29, 0.717) is 5.92 Å². The number of methoxy groups -OCH3 is 1. The summed E-state index contributed by atoms with van der Waals surface area (Å²) in [7, 11) is 3.13. The first-order valence-corrected chi connectivity index (χ1v) is 9.25. The molecule has 0 saturated carbocycles. The van der Waals surface area contributed by atoms with Gasteiger partial charge in [-0.05, 0) is 56.0 Å². The summed E-state index contributed by atoms with van der Waals surface area (Å²) >= 11 is 0. The van der Waals surface area contributed by atoms with Gasteiger partial charge < -0.3 is 14.5 Å². The van der Waals surface area contributed by atoms with Crippen LogP contribution in [0.3, 0.4) is 0 Å². The maximum atomic E-state index is 13.2. The van der Waals surface area contributed by atoms with Gasteiger partial charge in [0.05, 0.1) is 13.5 Å². The monoisotopic (exact) mass is 364 g/mol. The number of esters is 1. The minimum atomic E-state index is -0.349. The van der Waals surface area contributed by atoms with Crippen LogP contribution in [0.5, 0.6) is 0 Å². The molecule has 144 valence electrons. The summed E-state index contributed by atoms with van der Waals surface area (Å²) in [6.45, 7) is 3.68. The topological polar surface area (TPSA) is 49.9 Å². The van der Waals surface area contributed by atoms with Crippen molar-refractivity contribution in [2.24, 2.45) is 5.92 Å². The predicted octanol–water partition coefficient (Wildman–Crippen LogP) is 2.49. The Morgan fingerprint density at radius 2 is 2.00 bits per heavy atom. The Hall–Kier alpha value is -1.95. The highest BCUT2D eigenvalue weighted by atomic mass is 19.1. The third kappa shape index (κ3) is 6.75. The molecule has 2 rings (SSSR count). The van der Waals surface area contributed by atoms with E-state index in [1.165, 1.54) is 13.2 Å². The second kappa shape index (κ2) is 10.3. The fourth-order valence-corrected chi connectivity index (χ4v) is 3.36. The largest absolute Gasteiger partial charge is 0.469 e. The molecule has 0 unspecified atom stereocenters. The van der Waals surface area contributed by atoms with Crippen molar-refractivity contribution in [3.8, 4) is 0 Å². The van der Waals surface area contributed by atoms with Crippen LogP contribution in [0.4, 0.5) is 4.39 Å². The Labute approximate surface area is 155 Å². The highest BCUT2D eigenvalue weighted by Gasteiger charge is 2.22. The van der Waals surface area contributed by atoms with Crippen LogP contribution in [0.1, 0.15) is 31.2 Å². The number of piperidine rings is 1. The van der Waals surface area contributed by atoms with Crippen molar-refractivity contribution in [2.45, 2.75) is 32.1 Å². The Kier molecular flexibility index (Phi) is 8.04. The standard InChI is InChI=1S/C20H29FN2O3/c1-22(19(24)6-7-20(25)26-2)15-17-9-12-23(13-10-17)11-8-16-4-3-5-18(21)14-16/h3-5,14,17H,6-13,15H2,1-2H3. The minimum absolute atomic E-state index is 0.0102. The summed E-state index contributed by atoms with van der Waals surface area (Å²) in [6, 6.07) is 6.79. The van der Waals surface area contributed by atoms with Crippen molar-refractivity contribution in [1.29, 1.82) is 0 Å². The fourth-order valence-electron chi connectivity index (χ4n) is 3.36. The van der Waals surface area contributed by atoms with E-state index in [1.807, 2.05) is 6.07 Å². The van der Waals surface area contributed by atoms with Crippen LogP contribution in [0.15, 0.2) is 24.3 Å². The van der Waals surface area contributed by atoms with Crippen LogP contribution < -0.4 is 0 Å². The van der Waals surface area contributed by atoms with Gasteiger partial charge in [-0.25, -0.2) is 4.39 Å². The van der Waals surface area contributed by atoms with Crippen LogP contribution >= 0.6 is 0 Å². The van der Waals surface area contributed by atoms with Crippen LogP contribution in [0.25, 0.3) is 0 Å². The van der Waals surface area contributed by atoms with Gasteiger partial charge in [0.25, 0.3) is 0 Å². The van der Waals surface area contributed by atoms with Gasteiger partial charge in [0.15, 0.2) is 0 Å². The fraction of sp³-hybridized carbons (Fsp3) is 0.600. The lowest BCUT2D eigenvalue weighted by molar-refractivity contribution is -0.143. The van der Waals surface area contributed by atoms with Crippen molar-refractivity contribution in [3.05, 3.63) is 35.6 Å². The summed E-state index contributed by atoms with van der Waals surface area (Å²) in [5.74, 6) is -0.0455. The molecule has 1 saturated heterocycles. The molecular weight excluding hydrogens is 335 g/mol. The summed E-state index contributed by atoms with van der Waals surface area (Å²) in [5.41, 5.74) is 1.03. The number of hydrogen-bond acceptors (Lipinski definition) is 4. The average molecular weight is 364 g/mol. The van der Waals surface area contributed by atoms with Gasteiger partial charge in [-0.1, -0.05) is 12.1 Å². The normalized spacial score (nSPS) is 15.7. The number of hydrogen-bond donors (Lipinski definition) is 0. The SMILES string of the molecule is COC(=O)CCC(=O)N(C)CC1CCN(CCc2cccc(F)c2)CC1. The van der Waals surface area contributed by atoms with Crippen LogP contribution in [0.2, 0.25) is 0 Å². The molecule has 5 nitrogen and oxygen atoms in total. The van der Waals surface area contributed by atoms with Gasteiger partial charge in [-0.3, -0.25) is 9.59 Å². The Morgan fingerprint density at radius 3 is 2.65 bits per heavy atom. The summed E-state index contributed by atoms with van der Waals surface area (Å²) < 4.78 is 17.8. The van der Waals surface area contributed by atoms with E-state index in [2.05, 4.69) is 9.64 Å². The Morgan fingerprint density at radius 1 is 1.27 bits per heavy atom. The summed E-state index contributed by atoms with van der Waals surface area (Å²) in [4.78, 5) is 27.3. The van der Waals surface area contributed by atoms with Gasteiger partial charge in [0.1, 0.15) is 5.82 Å². The third-order valence-corrected chi connectivity index (χ3v) is 5.04. The number of amides is 1. The van der Waals surface area contributed by atoms with Gasteiger partial charge in [0.2, 0.25) is 5.91 Å². The number of carbonyl (C=O) groups excluding carboxylic acids is 2. The van der Waals surface area contributed by atoms with Crippen molar-refractivity contribution in [2.75, 3.05) is 40.3 Å². The number of nitrogens with zero attached hydrogens (tertiary/aromatic N) is 2. The summed E-state index contributed by atoms with van der Waals surface area (Å²) in [5, 5.41) is 0. The molecule has 0 radical (unpaired) electrons. The molecule has 0 bridgehead atoms. The highest BCUT2D eigenvalue weighted by molar-refractivity contribution is 5.81. The Bertz CT molecular complexity index is 600. The van der Waals surface area contributed by atoms with E-state index in [9.17, 15) is 14.0 Å². The molecule has 1 fully saturated rings.